The Balaban J connectivity index is 1.51. The molecule has 0 unspecified atom stereocenters. The lowest BCUT2D eigenvalue weighted by Gasteiger charge is -2.11. The molecule has 8 nitrogen and oxygen atoms in total. The molecular weight excluding hydrogens is 482 g/mol. The van der Waals surface area contributed by atoms with Crippen LogP contribution in [0.4, 0.5) is 0 Å². The molecule has 0 saturated heterocycles. The quantitative estimate of drug-likeness (QED) is 0.172. The molecule has 0 atom stereocenters. The van der Waals surface area contributed by atoms with Crippen LogP contribution in [0.25, 0.3) is 22.3 Å². The van der Waals surface area contributed by atoms with Gasteiger partial charge in [-0.25, -0.2) is 9.78 Å². The van der Waals surface area contributed by atoms with Gasteiger partial charge in [0.15, 0.2) is 17.3 Å². The topological polar surface area (TPSA) is 92.0 Å². The predicted octanol–water partition coefficient (Wildman–Crippen LogP) is 5.18. The molecule has 0 spiro atoms. The molecule has 0 fully saturated rings. The second kappa shape index (κ2) is 10.8. The number of carbonyl (C=O) groups excluding carboxylic acids is 1. The summed E-state index contributed by atoms with van der Waals surface area (Å²) in [6.45, 7) is 0. The molecule has 0 bridgehead atoms. The first kappa shape index (κ1) is 24.5. The van der Waals surface area contributed by atoms with E-state index in [0.29, 0.717) is 44.9 Å². The Morgan fingerprint density at radius 3 is 2.32 bits per heavy atom. The summed E-state index contributed by atoms with van der Waals surface area (Å²) >= 11 is 0. The van der Waals surface area contributed by atoms with E-state index in [0.717, 1.165) is 0 Å². The summed E-state index contributed by atoms with van der Waals surface area (Å²) < 4.78 is 17.5. The van der Waals surface area contributed by atoms with Gasteiger partial charge in [-0.15, -0.1) is 0 Å². The lowest BCUT2D eigenvalue weighted by atomic mass is 10.2. The molecule has 0 aliphatic rings. The van der Waals surface area contributed by atoms with E-state index in [2.05, 4.69) is 5.10 Å². The number of nitrogens with zero attached hydrogens (tertiary/aromatic N) is 3. The molecule has 1 aromatic heterocycles. The van der Waals surface area contributed by atoms with Crippen molar-refractivity contribution >= 4 is 23.1 Å². The number of rotatable bonds is 7. The third-order valence-electron chi connectivity index (χ3n) is 5.82. The summed E-state index contributed by atoms with van der Waals surface area (Å²) in [5.41, 5.74) is 2.02. The van der Waals surface area contributed by atoms with E-state index < -0.39 is 5.97 Å². The monoisotopic (exact) mass is 505 g/mol. The Hall–Kier alpha value is -5.24. The van der Waals surface area contributed by atoms with Crippen LogP contribution < -0.4 is 19.8 Å². The van der Waals surface area contributed by atoms with Gasteiger partial charge < -0.3 is 14.2 Å². The van der Waals surface area contributed by atoms with E-state index in [1.54, 1.807) is 79.9 Å². The Labute approximate surface area is 218 Å². The third kappa shape index (κ3) is 5.01. The standard InChI is InChI=1S/C30H23N3O5/c1-36-23-15-13-21(14-16-23)28-32-25-11-7-6-10-24(25)29(34)33(28)31-19-20-12-17-26(27(18-20)37-2)38-30(35)22-8-4-3-5-9-22/h3-19H,1-2H3. The minimum absolute atomic E-state index is 0.266. The number of para-hydroxylation sites is 1. The minimum Gasteiger partial charge on any atom is -0.497 e. The number of hydrogen-bond acceptors (Lipinski definition) is 7. The van der Waals surface area contributed by atoms with Gasteiger partial charge in [-0.2, -0.15) is 9.78 Å². The molecule has 8 heteroatoms. The van der Waals surface area contributed by atoms with Crippen molar-refractivity contribution in [3.63, 3.8) is 0 Å². The molecule has 0 amide bonds. The van der Waals surface area contributed by atoms with Gasteiger partial charge in [0.2, 0.25) is 0 Å². The van der Waals surface area contributed by atoms with Gasteiger partial charge in [-0.05, 0) is 72.3 Å². The highest BCUT2D eigenvalue weighted by Crippen LogP contribution is 2.29. The number of aromatic nitrogens is 2. The number of esters is 1. The fourth-order valence-electron chi connectivity index (χ4n) is 3.86. The van der Waals surface area contributed by atoms with Crippen LogP contribution in [0.2, 0.25) is 0 Å². The van der Waals surface area contributed by atoms with Crippen molar-refractivity contribution in [3.05, 3.63) is 119 Å². The van der Waals surface area contributed by atoms with Gasteiger partial charge in [-0.1, -0.05) is 30.3 Å². The Bertz CT molecular complexity index is 1690. The molecule has 1 heterocycles. The third-order valence-corrected chi connectivity index (χ3v) is 5.82. The first-order valence-electron chi connectivity index (χ1n) is 11.7. The van der Waals surface area contributed by atoms with Gasteiger partial charge in [0, 0.05) is 5.56 Å². The van der Waals surface area contributed by atoms with E-state index in [4.69, 9.17) is 19.2 Å². The zero-order chi connectivity index (χ0) is 26.5. The van der Waals surface area contributed by atoms with Gasteiger partial charge >= 0.3 is 5.97 Å². The fraction of sp³-hybridized carbons (Fsp3) is 0.0667. The van der Waals surface area contributed by atoms with Crippen LogP contribution in [0.3, 0.4) is 0 Å². The van der Waals surface area contributed by atoms with Crippen LogP contribution in [0.15, 0.2) is 107 Å². The molecule has 188 valence electrons. The van der Waals surface area contributed by atoms with Crippen molar-refractivity contribution < 1.29 is 19.0 Å². The predicted molar refractivity (Wildman–Crippen MR) is 145 cm³/mol. The second-order valence-electron chi connectivity index (χ2n) is 8.21. The number of carbonyl (C=O) groups is 1. The molecule has 0 aliphatic carbocycles. The van der Waals surface area contributed by atoms with E-state index >= 15 is 0 Å². The second-order valence-corrected chi connectivity index (χ2v) is 8.21. The summed E-state index contributed by atoms with van der Waals surface area (Å²) in [4.78, 5) is 30.6. The largest absolute Gasteiger partial charge is 0.497 e. The zero-order valence-corrected chi connectivity index (χ0v) is 20.7. The first-order chi connectivity index (χ1) is 18.6. The smallest absolute Gasteiger partial charge is 0.343 e. The average Bonchev–Trinajstić information content (AvgIpc) is 2.97. The highest BCUT2D eigenvalue weighted by Gasteiger charge is 2.14. The highest BCUT2D eigenvalue weighted by atomic mass is 16.6. The maximum absolute atomic E-state index is 13.4. The van der Waals surface area contributed by atoms with Gasteiger partial charge in [0.25, 0.3) is 5.56 Å². The summed E-state index contributed by atoms with van der Waals surface area (Å²) in [5, 5.41) is 4.93. The maximum Gasteiger partial charge on any atom is 0.343 e. The van der Waals surface area contributed by atoms with E-state index in [-0.39, 0.29) is 11.3 Å². The molecular formula is C30H23N3O5. The molecule has 0 N–H and O–H groups in total. The summed E-state index contributed by atoms with van der Waals surface area (Å²) in [6, 6.07) is 28.0. The zero-order valence-electron chi connectivity index (χ0n) is 20.7. The van der Waals surface area contributed by atoms with Gasteiger partial charge in [0.1, 0.15) is 5.75 Å². The van der Waals surface area contributed by atoms with Crippen molar-refractivity contribution in [1.29, 1.82) is 0 Å². The number of benzene rings is 4. The van der Waals surface area contributed by atoms with Crippen LogP contribution in [0.1, 0.15) is 15.9 Å². The van der Waals surface area contributed by atoms with Gasteiger partial charge in [0.05, 0.1) is 36.9 Å². The normalized spacial score (nSPS) is 11.0. The van der Waals surface area contributed by atoms with Crippen molar-refractivity contribution in [3.8, 4) is 28.6 Å². The van der Waals surface area contributed by atoms with E-state index in [9.17, 15) is 9.59 Å². The van der Waals surface area contributed by atoms with Crippen molar-refractivity contribution in [1.82, 2.24) is 9.66 Å². The average molecular weight is 506 g/mol. The maximum atomic E-state index is 13.4. The summed E-state index contributed by atoms with van der Waals surface area (Å²) in [7, 11) is 3.07. The molecule has 4 aromatic carbocycles. The lowest BCUT2D eigenvalue weighted by molar-refractivity contribution is 0.0729. The number of hydrogen-bond donors (Lipinski definition) is 0. The summed E-state index contributed by atoms with van der Waals surface area (Å²) in [6.07, 6.45) is 1.52. The van der Waals surface area contributed by atoms with Crippen LogP contribution in [-0.2, 0) is 0 Å². The molecule has 38 heavy (non-hydrogen) atoms. The molecule has 0 aliphatic heterocycles. The van der Waals surface area contributed by atoms with E-state index in [1.807, 2.05) is 24.3 Å². The minimum atomic E-state index is -0.497. The van der Waals surface area contributed by atoms with Crippen LogP contribution in [0, 0.1) is 0 Å². The molecule has 0 radical (unpaired) electrons. The van der Waals surface area contributed by atoms with Crippen molar-refractivity contribution in [2.75, 3.05) is 14.2 Å². The Kier molecular flexibility index (Phi) is 6.95. The van der Waals surface area contributed by atoms with Crippen molar-refractivity contribution in [2.45, 2.75) is 0 Å². The Morgan fingerprint density at radius 1 is 0.842 bits per heavy atom. The van der Waals surface area contributed by atoms with Crippen LogP contribution in [0.5, 0.6) is 17.2 Å². The van der Waals surface area contributed by atoms with Gasteiger partial charge in [-0.3, -0.25) is 4.79 Å². The van der Waals surface area contributed by atoms with E-state index in [1.165, 1.54) is 18.0 Å². The Morgan fingerprint density at radius 2 is 1.58 bits per heavy atom. The van der Waals surface area contributed by atoms with Crippen LogP contribution in [-0.4, -0.2) is 36.1 Å². The number of methoxy groups -OCH3 is 2. The molecule has 5 rings (SSSR count). The van der Waals surface area contributed by atoms with Crippen LogP contribution >= 0.6 is 0 Å². The molecule has 5 aromatic rings. The SMILES string of the molecule is COc1ccc(-c2nc3ccccc3c(=O)n2N=Cc2ccc(OC(=O)c3ccccc3)c(OC)c2)cc1. The number of fused-ring (bicyclic) bond motifs is 1. The highest BCUT2D eigenvalue weighted by molar-refractivity contribution is 5.91. The fourth-order valence-corrected chi connectivity index (χ4v) is 3.86. The lowest BCUT2D eigenvalue weighted by Crippen LogP contribution is -2.20. The first-order valence-corrected chi connectivity index (χ1v) is 11.7. The van der Waals surface area contributed by atoms with Crippen molar-refractivity contribution in [2.24, 2.45) is 5.10 Å². The molecule has 0 saturated carbocycles. The number of ether oxygens (including phenoxy) is 3. The summed E-state index contributed by atoms with van der Waals surface area (Å²) in [5.74, 6) is 1.18.